The summed E-state index contributed by atoms with van der Waals surface area (Å²) in [6.07, 6.45) is 8.32. The molecule has 0 unspecified atom stereocenters. The van der Waals surface area contributed by atoms with E-state index in [1.54, 1.807) is 0 Å². The van der Waals surface area contributed by atoms with Crippen LogP contribution < -0.4 is 10.7 Å². The van der Waals surface area contributed by atoms with E-state index < -0.39 is 0 Å². The summed E-state index contributed by atoms with van der Waals surface area (Å²) in [6.45, 7) is 8.75. The van der Waals surface area contributed by atoms with E-state index in [1.165, 1.54) is 0 Å². The van der Waals surface area contributed by atoms with Crippen LogP contribution in [0.25, 0.3) is 0 Å². The van der Waals surface area contributed by atoms with E-state index in [0.29, 0.717) is 11.3 Å². The molecule has 2 N–H and O–H groups in total. The minimum absolute atomic E-state index is 0.0207. The maximum atomic E-state index is 12.6. The first-order valence-corrected chi connectivity index (χ1v) is 11.5. The number of nitrogens with zero attached hydrogens (tertiary/aromatic N) is 1. The number of hydrazone groups is 1. The van der Waals surface area contributed by atoms with Crippen molar-refractivity contribution in [2.24, 2.45) is 28.3 Å². The number of rotatable bonds is 5. The van der Waals surface area contributed by atoms with E-state index in [0.717, 1.165) is 68.3 Å². The molecule has 0 atom stereocenters. The lowest BCUT2D eigenvalue weighted by molar-refractivity contribution is -0.126. The predicted molar refractivity (Wildman–Crippen MR) is 122 cm³/mol. The van der Waals surface area contributed by atoms with Gasteiger partial charge in [0.05, 0.1) is 5.71 Å². The highest BCUT2D eigenvalue weighted by molar-refractivity contribution is 6.01. The molecule has 3 rings (SSSR count). The second-order valence-corrected chi connectivity index (χ2v) is 10.1. The minimum Gasteiger partial charge on any atom is -0.326 e. The summed E-state index contributed by atoms with van der Waals surface area (Å²) in [5.41, 5.74) is 5.51. The zero-order valence-corrected chi connectivity index (χ0v) is 19.0. The number of carbonyl (C=O) groups is 2. The molecule has 5 heteroatoms. The fourth-order valence-corrected chi connectivity index (χ4v) is 4.77. The smallest absolute Gasteiger partial charge is 0.243 e. The molecule has 0 bridgehead atoms. The summed E-state index contributed by atoms with van der Waals surface area (Å²) >= 11 is 0. The summed E-state index contributed by atoms with van der Waals surface area (Å²) in [5, 5.41) is 7.37. The largest absolute Gasteiger partial charge is 0.326 e. The first kappa shape index (κ1) is 22.5. The quantitative estimate of drug-likeness (QED) is 0.495. The number of amides is 2. The van der Waals surface area contributed by atoms with E-state index in [4.69, 9.17) is 0 Å². The van der Waals surface area contributed by atoms with E-state index in [2.05, 4.69) is 36.6 Å². The van der Waals surface area contributed by atoms with Gasteiger partial charge in [0.15, 0.2) is 0 Å². The average Bonchev–Trinajstić information content (AvgIpc) is 3.26. The van der Waals surface area contributed by atoms with E-state index in [-0.39, 0.29) is 23.7 Å². The maximum Gasteiger partial charge on any atom is 0.243 e. The normalized spacial score (nSPS) is 23.3. The van der Waals surface area contributed by atoms with Gasteiger partial charge in [-0.3, -0.25) is 9.59 Å². The second-order valence-electron chi connectivity index (χ2n) is 10.1. The predicted octanol–water partition coefficient (Wildman–Crippen LogP) is 5.51. The van der Waals surface area contributed by atoms with Crippen molar-refractivity contribution in [3.63, 3.8) is 0 Å². The molecule has 0 saturated heterocycles. The maximum absolute atomic E-state index is 12.6. The van der Waals surface area contributed by atoms with Crippen LogP contribution in [0.2, 0.25) is 0 Å². The molecule has 0 heterocycles. The van der Waals surface area contributed by atoms with Crippen molar-refractivity contribution >= 4 is 23.2 Å². The molecule has 0 radical (unpaired) electrons. The number of anilines is 1. The number of carbonyl (C=O) groups excluding carboxylic acids is 2. The zero-order valence-electron chi connectivity index (χ0n) is 19.0. The van der Waals surface area contributed by atoms with Crippen LogP contribution in [0.3, 0.4) is 0 Å². The van der Waals surface area contributed by atoms with Crippen molar-refractivity contribution in [3.05, 3.63) is 29.8 Å². The molecule has 1 aromatic rings. The van der Waals surface area contributed by atoms with Gasteiger partial charge in [-0.05, 0) is 74.5 Å². The van der Waals surface area contributed by atoms with Crippen molar-refractivity contribution in [3.8, 4) is 0 Å². The third-order valence-corrected chi connectivity index (χ3v) is 6.93. The summed E-state index contributed by atoms with van der Waals surface area (Å²) in [4.78, 5) is 24.9. The molecule has 2 fully saturated rings. The van der Waals surface area contributed by atoms with Gasteiger partial charge in [-0.25, -0.2) is 5.43 Å². The Morgan fingerprint density at radius 3 is 2.20 bits per heavy atom. The standard InChI is InChI=1S/C25H37N3O2/c1-17(27-28-24(30)19-12-14-21(15-13-19)25(2,3)4)20-10-7-11-22(16-20)26-23(29)18-8-5-6-9-18/h7,10-11,16,18-19,21H,5-6,8-9,12-15H2,1-4H3,(H,26,29)(H,28,30)/b27-17+. The molecule has 2 aliphatic carbocycles. The van der Waals surface area contributed by atoms with Crippen LogP contribution in [-0.2, 0) is 9.59 Å². The first-order valence-electron chi connectivity index (χ1n) is 11.5. The topological polar surface area (TPSA) is 70.6 Å². The molecule has 1 aromatic carbocycles. The third-order valence-electron chi connectivity index (χ3n) is 6.93. The summed E-state index contributed by atoms with van der Waals surface area (Å²) in [6, 6.07) is 7.68. The molecule has 0 aromatic heterocycles. The summed E-state index contributed by atoms with van der Waals surface area (Å²) in [5.74, 6) is 1.01. The molecular formula is C25H37N3O2. The minimum atomic E-state index is 0.0207. The average molecular weight is 412 g/mol. The van der Waals surface area contributed by atoms with E-state index >= 15 is 0 Å². The third kappa shape index (κ3) is 5.93. The molecule has 0 aliphatic heterocycles. The Morgan fingerprint density at radius 2 is 1.57 bits per heavy atom. The molecule has 0 spiro atoms. The molecule has 2 saturated carbocycles. The first-order chi connectivity index (χ1) is 14.2. The van der Waals surface area contributed by atoms with Crippen LogP contribution in [-0.4, -0.2) is 17.5 Å². The van der Waals surface area contributed by atoms with E-state index in [1.807, 2.05) is 31.2 Å². The SMILES string of the molecule is C/C(=N\NC(=O)C1CCC(C(C)(C)C)CC1)c1cccc(NC(=O)C2CCCC2)c1. The lowest BCUT2D eigenvalue weighted by Gasteiger charge is -2.36. The van der Waals surface area contributed by atoms with Gasteiger partial charge >= 0.3 is 0 Å². The van der Waals surface area contributed by atoms with Gasteiger partial charge in [0, 0.05) is 17.5 Å². The van der Waals surface area contributed by atoms with Crippen LogP contribution in [0.4, 0.5) is 5.69 Å². The van der Waals surface area contributed by atoms with Crippen molar-refractivity contribution < 1.29 is 9.59 Å². The highest BCUT2D eigenvalue weighted by atomic mass is 16.2. The Hall–Kier alpha value is -2.17. The monoisotopic (exact) mass is 411 g/mol. The van der Waals surface area contributed by atoms with Crippen molar-refractivity contribution in [1.82, 2.24) is 5.43 Å². The van der Waals surface area contributed by atoms with Crippen LogP contribution in [0, 0.1) is 23.2 Å². The Morgan fingerprint density at radius 1 is 0.933 bits per heavy atom. The molecule has 2 amide bonds. The number of nitrogens with one attached hydrogen (secondary N) is 2. The number of hydrogen-bond acceptors (Lipinski definition) is 3. The number of benzene rings is 1. The van der Waals surface area contributed by atoms with Gasteiger partial charge in [-0.2, -0.15) is 5.10 Å². The van der Waals surface area contributed by atoms with Crippen LogP contribution in [0.15, 0.2) is 29.4 Å². The fourth-order valence-electron chi connectivity index (χ4n) is 4.77. The Labute approximate surface area is 181 Å². The number of hydrogen-bond donors (Lipinski definition) is 2. The van der Waals surface area contributed by atoms with Gasteiger partial charge < -0.3 is 5.32 Å². The molecule has 2 aliphatic rings. The van der Waals surface area contributed by atoms with Gasteiger partial charge in [-0.1, -0.05) is 45.7 Å². The van der Waals surface area contributed by atoms with Crippen LogP contribution >= 0.6 is 0 Å². The van der Waals surface area contributed by atoms with Crippen LogP contribution in [0.5, 0.6) is 0 Å². The lowest BCUT2D eigenvalue weighted by Crippen LogP contribution is -2.33. The van der Waals surface area contributed by atoms with E-state index in [9.17, 15) is 9.59 Å². The lowest BCUT2D eigenvalue weighted by atomic mass is 9.70. The molecule has 30 heavy (non-hydrogen) atoms. The van der Waals surface area contributed by atoms with Gasteiger partial charge in [0.1, 0.15) is 0 Å². The fraction of sp³-hybridized carbons (Fsp3) is 0.640. The molecular weight excluding hydrogens is 374 g/mol. The summed E-state index contributed by atoms with van der Waals surface area (Å²) < 4.78 is 0. The van der Waals surface area contributed by atoms with Crippen LogP contribution in [0.1, 0.15) is 84.6 Å². The Balaban J connectivity index is 1.54. The highest BCUT2D eigenvalue weighted by Gasteiger charge is 2.32. The highest BCUT2D eigenvalue weighted by Crippen LogP contribution is 2.39. The Kier molecular flexibility index (Phi) is 7.32. The molecule has 164 valence electrons. The second kappa shape index (κ2) is 9.76. The van der Waals surface area contributed by atoms with Crippen molar-refractivity contribution in [2.75, 3.05) is 5.32 Å². The summed E-state index contributed by atoms with van der Waals surface area (Å²) in [7, 11) is 0. The van der Waals surface area contributed by atoms with Gasteiger partial charge in [0.2, 0.25) is 11.8 Å². The zero-order chi connectivity index (χ0) is 21.7. The van der Waals surface area contributed by atoms with Gasteiger partial charge in [-0.15, -0.1) is 0 Å². The van der Waals surface area contributed by atoms with Gasteiger partial charge in [0.25, 0.3) is 0 Å². The van der Waals surface area contributed by atoms with Crippen molar-refractivity contribution in [2.45, 2.75) is 79.1 Å². The molecule has 5 nitrogen and oxygen atoms in total. The Bertz CT molecular complexity index is 780. The van der Waals surface area contributed by atoms with Crippen molar-refractivity contribution in [1.29, 1.82) is 0 Å².